The minimum Gasteiger partial charge on any atom is -0.482 e. The maximum absolute atomic E-state index is 12.5. The van der Waals surface area contributed by atoms with E-state index in [0.717, 1.165) is 12.0 Å². The summed E-state index contributed by atoms with van der Waals surface area (Å²) in [5, 5.41) is 0. The molecule has 0 amide bonds. The van der Waals surface area contributed by atoms with Gasteiger partial charge in [0.1, 0.15) is 12.4 Å². The molecule has 166 valence electrons. The molecule has 0 saturated heterocycles. The van der Waals surface area contributed by atoms with E-state index in [4.69, 9.17) is 18.9 Å². The summed E-state index contributed by atoms with van der Waals surface area (Å²) in [6.45, 7) is 7.58. The monoisotopic (exact) mass is 420 g/mol. The second-order valence-corrected chi connectivity index (χ2v) is 8.22. The molecule has 0 saturated carbocycles. The van der Waals surface area contributed by atoms with Crippen LogP contribution in [0.1, 0.15) is 46.6 Å². The van der Waals surface area contributed by atoms with Crippen LogP contribution in [0.4, 0.5) is 13.2 Å². The molecule has 1 rings (SSSR count). The fourth-order valence-corrected chi connectivity index (χ4v) is 2.53. The standard InChI is InChI=1S/C21H31F3O5/c1-7-19(2,3)15-8-10-16(11-9-15)27-12-17(25)29-18(20(4,5)13-26-6)28-14-21(22,23)24/h8-11,18H,7,12-14H2,1-6H3. The zero-order valence-corrected chi connectivity index (χ0v) is 17.9. The summed E-state index contributed by atoms with van der Waals surface area (Å²) in [6, 6.07) is 7.32. The molecule has 29 heavy (non-hydrogen) atoms. The first kappa shape index (κ1) is 25.2. The molecule has 0 spiro atoms. The van der Waals surface area contributed by atoms with Gasteiger partial charge in [0.25, 0.3) is 0 Å². The Bertz CT molecular complexity index is 639. The van der Waals surface area contributed by atoms with E-state index in [-0.39, 0.29) is 12.0 Å². The van der Waals surface area contributed by atoms with Crippen molar-refractivity contribution >= 4 is 5.97 Å². The Morgan fingerprint density at radius 1 is 1.03 bits per heavy atom. The molecule has 1 atom stereocenters. The van der Waals surface area contributed by atoms with Crippen molar-refractivity contribution in [1.82, 2.24) is 0 Å². The quantitative estimate of drug-likeness (QED) is 0.378. The highest BCUT2D eigenvalue weighted by molar-refractivity contribution is 5.71. The zero-order chi connectivity index (χ0) is 22.3. The number of alkyl halides is 3. The van der Waals surface area contributed by atoms with Crippen LogP contribution >= 0.6 is 0 Å². The van der Waals surface area contributed by atoms with E-state index < -0.39 is 37.1 Å². The molecule has 0 N–H and O–H groups in total. The molecule has 1 aromatic carbocycles. The van der Waals surface area contributed by atoms with Crippen LogP contribution in [-0.4, -0.2) is 45.4 Å². The van der Waals surface area contributed by atoms with Crippen LogP contribution in [0.2, 0.25) is 0 Å². The molecular weight excluding hydrogens is 389 g/mol. The third kappa shape index (κ3) is 8.62. The van der Waals surface area contributed by atoms with Crippen LogP contribution < -0.4 is 4.74 Å². The fourth-order valence-electron chi connectivity index (χ4n) is 2.53. The number of esters is 1. The number of hydrogen-bond donors (Lipinski definition) is 0. The van der Waals surface area contributed by atoms with Crippen molar-refractivity contribution in [1.29, 1.82) is 0 Å². The van der Waals surface area contributed by atoms with Crippen molar-refractivity contribution in [2.24, 2.45) is 5.41 Å². The number of methoxy groups -OCH3 is 1. The van der Waals surface area contributed by atoms with E-state index >= 15 is 0 Å². The van der Waals surface area contributed by atoms with E-state index in [1.54, 1.807) is 26.0 Å². The smallest absolute Gasteiger partial charge is 0.411 e. The van der Waals surface area contributed by atoms with Crippen LogP contribution in [0.5, 0.6) is 5.75 Å². The van der Waals surface area contributed by atoms with Crippen molar-refractivity contribution in [3.05, 3.63) is 29.8 Å². The highest BCUT2D eigenvalue weighted by Crippen LogP contribution is 2.29. The van der Waals surface area contributed by atoms with Gasteiger partial charge < -0.3 is 18.9 Å². The average molecular weight is 420 g/mol. The van der Waals surface area contributed by atoms with Crippen LogP contribution in [0.3, 0.4) is 0 Å². The molecule has 0 aliphatic heterocycles. The number of ether oxygens (including phenoxy) is 4. The lowest BCUT2D eigenvalue weighted by Crippen LogP contribution is -2.42. The highest BCUT2D eigenvalue weighted by atomic mass is 19.4. The predicted octanol–water partition coefficient (Wildman–Crippen LogP) is 4.87. The van der Waals surface area contributed by atoms with Gasteiger partial charge in [0, 0.05) is 7.11 Å². The maximum Gasteiger partial charge on any atom is 0.411 e. The first-order valence-corrected chi connectivity index (χ1v) is 9.41. The Labute approximate surface area is 170 Å². The highest BCUT2D eigenvalue weighted by Gasteiger charge is 2.38. The molecule has 0 aliphatic carbocycles. The van der Waals surface area contributed by atoms with E-state index in [0.29, 0.717) is 5.75 Å². The second-order valence-electron chi connectivity index (χ2n) is 8.22. The van der Waals surface area contributed by atoms with Crippen molar-refractivity contribution < 1.29 is 36.9 Å². The van der Waals surface area contributed by atoms with Gasteiger partial charge in [0.2, 0.25) is 6.29 Å². The van der Waals surface area contributed by atoms with Crippen LogP contribution in [-0.2, 0) is 24.4 Å². The van der Waals surface area contributed by atoms with Crippen molar-refractivity contribution in [3.8, 4) is 5.75 Å². The van der Waals surface area contributed by atoms with Gasteiger partial charge in [0.05, 0.1) is 12.0 Å². The third-order valence-corrected chi connectivity index (χ3v) is 4.67. The summed E-state index contributed by atoms with van der Waals surface area (Å²) in [6.07, 6.45) is -5.01. The van der Waals surface area contributed by atoms with Crippen molar-refractivity contribution in [2.45, 2.75) is 58.9 Å². The number of rotatable bonds is 11. The van der Waals surface area contributed by atoms with Gasteiger partial charge in [-0.3, -0.25) is 0 Å². The number of carbonyl (C=O) groups is 1. The molecule has 8 heteroatoms. The molecule has 0 aromatic heterocycles. The van der Waals surface area contributed by atoms with E-state index in [2.05, 4.69) is 20.8 Å². The molecule has 0 heterocycles. The van der Waals surface area contributed by atoms with E-state index in [9.17, 15) is 18.0 Å². The van der Waals surface area contributed by atoms with Crippen LogP contribution in [0.25, 0.3) is 0 Å². The molecular formula is C21H31F3O5. The first-order valence-electron chi connectivity index (χ1n) is 9.41. The summed E-state index contributed by atoms with van der Waals surface area (Å²) in [5.41, 5.74) is 0.174. The third-order valence-electron chi connectivity index (χ3n) is 4.67. The molecule has 1 aromatic rings. The van der Waals surface area contributed by atoms with E-state index in [1.165, 1.54) is 7.11 Å². The average Bonchev–Trinajstić information content (AvgIpc) is 2.62. The Morgan fingerprint density at radius 3 is 2.10 bits per heavy atom. The summed E-state index contributed by atoms with van der Waals surface area (Å²) in [4.78, 5) is 12.1. The lowest BCUT2D eigenvalue weighted by molar-refractivity contribution is -0.256. The summed E-state index contributed by atoms with van der Waals surface area (Å²) < 4.78 is 57.9. The van der Waals surface area contributed by atoms with Gasteiger partial charge in [-0.25, -0.2) is 4.79 Å². The molecule has 0 aliphatic rings. The van der Waals surface area contributed by atoms with Gasteiger partial charge in [-0.1, -0.05) is 46.8 Å². The Kier molecular flexibility index (Phi) is 8.96. The number of halogens is 3. The molecule has 0 radical (unpaired) electrons. The number of hydrogen-bond acceptors (Lipinski definition) is 5. The molecule has 0 bridgehead atoms. The van der Waals surface area contributed by atoms with Gasteiger partial charge >= 0.3 is 12.1 Å². The van der Waals surface area contributed by atoms with Gasteiger partial charge in [0.15, 0.2) is 6.61 Å². The maximum atomic E-state index is 12.5. The Hall–Kier alpha value is -1.80. The summed E-state index contributed by atoms with van der Waals surface area (Å²) in [5.74, 6) is -0.374. The SMILES string of the molecule is CCC(C)(C)c1ccc(OCC(=O)OC(OCC(F)(F)F)C(C)(C)COC)cc1. The largest absolute Gasteiger partial charge is 0.482 e. The minimum absolute atomic E-state index is 0.0213. The van der Waals surface area contributed by atoms with Crippen LogP contribution in [0.15, 0.2) is 24.3 Å². The fraction of sp³-hybridized carbons (Fsp3) is 0.667. The molecule has 0 fully saturated rings. The van der Waals surface area contributed by atoms with Gasteiger partial charge in [-0.2, -0.15) is 13.2 Å². The van der Waals surface area contributed by atoms with Gasteiger partial charge in [-0.15, -0.1) is 0 Å². The normalized spacial score (nSPS) is 13.8. The second kappa shape index (κ2) is 10.3. The topological polar surface area (TPSA) is 54.0 Å². The van der Waals surface area contributed by atoms with E-state index in [1.807, 2.05) is 12.1 Å². The van der Waals surface area contributed by atoms with Crippen molar-refractivity contribution in [3.63, 3.8) is 0 Å². The van der Waals surface area contributed by atoms with Crippen LogP contribution in [0, 0.1) is 5.41 Å². The summed E-state index contributed by atoms with van der Waals surface area (Å²) in [7, 11) is 1.40. The lowest BCUT2D eigenvalue weighted by Gasteiger charge is -2.32. The van der Waals surface area contributed by atoms with Crippen molar-refractivity contribution in [2.75, 3.05) is 26.9 Å². The Balaban J connectivity index is 2.70. The Morgan fingerprint density at radius 2 is 1.62 bits per heavy atom. The summed E-state index contributed by atoms with van der Waals surface area (Å²) >= 11 is 0. The number of benzene rings is 1. The molecule has 1 unspecified atom stereocenters. The lowest BCUT2D eigenvalue weighted by atomic mass is 9.82. The number of carbonyl (C=O) groups excluding carboxylic acids is 1. The first-order chi connectivity index (χ1) is 13.3. The predicted molar refractivity (Wildman–Crippen MR) is 103 cm³/mol. The molecule has 5 nitrogen and oxygen atoms in total. The zero-order valence-electron chi connectivity index (χ0n) is 17.9. The van der Waals surface area contributed by atoms with Gasteiger partial charge in [-0.05, 0) is 29.5 Å². The minimum atomic E-state index is -4.54.